The maximum atomic E-state index is 12.3. The van der Waals surface area contributed by atoms with E-state index in [1.807, 2.05) is 6.92 Å². The molecule has 116 valence electrons. The molecule has 0 saturated heterocycles. The average Bonchev–Trinajstić information content (AvgIpc) is 2.87. The first-order valence-electron chi connectivity index (χ1n) is 7.06. The highest BCUT2D eigenvalue weighted by Crippen LogP contribution is 2.37. The van der Waals surface area contributed by atoms with Crippen LogP contribution >= 0.6 is 0 Å². The van der Waals surface area contributed by atoms with Gasteiger partial charge in [-0.1, -0.05) is 0 Å². The summed E-state index contributed by atoms with van der Waals surface area (Å²) in [6.07, 6.45) is 0. The summed E-state index contributed by atoms with van der Waals surface area (Å²) in [5.41, 5.74) is 0.411. The minimum absolute atomic E-state index is 0.229. The Balaban J connectivity index is 2.15. The smallest absolute Gasteiger partial charge is 0.348 e. The van der Waals surface area contributed by atoms with E-state index < -0.39 is 5.63 Å². The van der Waals surface area contributed by atoms with Gasteiger partial charge >= 0.3 is 5.63 Å². The lowest BCUT2D eigenvalue weighted by Crippen LogP contribution is -1.99. The lowest BCUT2D eigenvalue weighted by atomic mass is 10.1. The molecule has 4 aromatic rings. The predicted octanol–water partition coefficient (Wildman–Crippen LogP) is 3.50. The van der Waals surface area contributed by atoms with Gasteiger partial charge in [0.05, 0.1) is 12.0 Å². The summed E-state index contributed by atoms with van der Waals surface area (Å²) in [6, 6.07) is 7.68. The largest absolute Gasteiger partial charge is 0.504 e. The Labute approximate surface area is 129 Å². The van der Waals surface area contributed by atoms with Crippen LogP contribution in [0.3, 0.4) is 0 Å². The van der Waals surface area contributed by atoms with Gasteiger partial charge in [0.1, 0.15) is 22.3 Å². The third-order valence-electron chi connectivity index (χ3n) is 3.70. The summed E-state index contributed by atoms with van der Waals surface area (Å²) in [5.74, 6) is -0.0517. The van der Waals surface area contributed by atoms with Gasteiger partial charge in [-0.2, -0.15) is 0 Å². The molecule has 23 heavy (non-hydrogen) atoms. The summed E-state index contributed by atoms with van der Waals surface area (Å²) in [4.78, 5) is 12.3. The van der Waals surface area contributed by atoms with Crippen molar-refractivity contribution in [1.82, 2.24) is 0 Å². The molecular weight excluding hydrogens is 300 g/mol. The minimum Gasteiger partial charge on any atom is -0.504 e. The highest BCUT2D eigenvalue weighted by atomic mass is 16.5. The molecule has 0 atom stereocenters. The Kier molecular flexibility index (Phi) is 2.74. The zero-order chi connectivity index (χ0) is 16.1. The van der Waals surface area contributed by atoms with Crippen molar-refractivity contribution in [3.05, 3.63) is 40.8 Å². The number of hydrogen-bond acceptors (Lipinski definition) is 6. The molecule has 0 aliphatic heterocycles. The molecule has 6 nitrogen and oxygen atoms in total. The van der Waals surface area contributed by atoms with Crippen molar-refractivity contribution in [2.24, 2.45) is 0 Å². The molecule has 0 aliphatic carbocycles. The Morgan fingerprint density at radius 2 is 1.74 bits per heavy atom. The summed E-state index contributed by atoms with van der Waals surface area (Å²) in [7, 11) is 0. The summed E-state index contributed by atoms with van der Waals surface area (Å²) < 4.78 is 16.5. The highest BCUT2D eigenvalue weighted by molar-refractivity contribution is 6.13. The van der Waals surface area contributed by atoms with E-state index in [1.54, 1.807) is 18.2 Å². The number of rotatable bonds is 2. The van der Waals surface area contributed by atoms with E-state index in [4.69, 9.17) is 13.6 Å². The van der Waals surface area contributed by atoms with E-state index in [-0.39, 0.29) is 16.9 Å². The first-order chi connectivity index (χ1) is 11.1. The van der Waals surface area contributed by atoms with Crippen molar-refractivity contribution in [2.75, 3.05) is 6.61 Å². The molecule has 0 spiro atoms. The zero-order valence-electron chi connectivity index (χ0n) is 12.1. The van der Waals surface area contributed by atoms with Crippen molar-refractivity contribution in [2.45, 2.75) is 6.92 Å². The van der Waals surface area contributed by atoms with Crippen LogP contribution in [-0.2, 0) is 0 Å². The summed E-state index contributed by atoms with van der Waals surface area (Å²) in [6.45, 7) is 2.36. The SMILES string of the molecule is CCOc1ccc2c(c1)oc(=O)c1c3cc(O)c(O)cc3oc21. The van der Waals surface area contributed by atoms with Crippen molar-refractivity contribution < 1.29 is 23.8 Å². The maximum absolute atomic E-state index is 12.3. The molecule has 0 radical (unpaired) electrons. The normalized spacial score (nSPS) is 11.5. The van der Waals surface area contributed by atoms with Gasteiger partial charge < -0.3 is 23.8 Å². The molecule has 0 aliphatic rings. The lowest BCUT2D eigenvalue weighted by molar-refractivity contribution is 0.340. The summed E-state index contributed by atoms with van der Waals surface area (Å²) in [5, 5.41) is 20.5. The Bertz CT molecular complexity index is 1120. The predicted molar refractivity (Wildman–Crippen MR) is 84.3 cm³/mol. The topological polar surface area (TPSA) is 93.0 Å². The second kappa shape index (κ2) is 4.67. The fourth-order valence-corrected chi connectivity index (χ4v) is 2.70. The standard InChI is InChI=1S/C17H12O6/c1-2-21-8-3-4-9-13(5-8)23-17(20)15-10-6-11(18)12(19)7-14(10)22-16(9)15/h3-7,18-19H,2H2,1H3. The Hall–Kier alpha value is -3.15. The van der Waals surface area contributed by atoms with Crippen LogP contribution in [0.5, 0.6) is 17.2 Å². The quantitative estimate of drug-likeness (QED) is 0.434. The molecule has 2 aromatic heterocycles. The zero-order valence-corrected chi connectivity index (χ0v) is 12.1. The number of aromatic hydroxyl groups is 2. The first-order valence-corrected chi connectivity index (χ1v) is 7.06. The monoisotopic (exact) mass is 312 g/mol. The van der Waals surface area contributed by atoms with Crippen molar-refractivity contribution >= 4 is 32.9 Å². The molecule has 4 rings (SSSR count). The second-order valence-corrected chi connectivity index (χ2v) is 5.12. The van der Waals surface area contributed by atoms with Crippen molar-refractivity contribution in [3.8, 4) is 17.2 Å². The van der Waals surface area contributed by atoms with E-state index in [0.29, 0.717) is 39.9 Å². The molecule has 2 aromatic carbocycles. The maximum Gasteiger partial charge on any atom is 0.348 e. The molecule has 0 fully saturated rings. The Morgan fingerprint density at radius 1 is 1.00 bits per heavy atom. The number of benzene rings is 2. The number of hydrogen-bond donors (Lipinski definition) is 2. The van der Waals surface area contributed by atoms with Gasteiger partial charge in [-0.25, -0.2) is 4.79 Å². The third-order valence-corrected chi connectivity index (χ3v) is 3.70. The number of fused-ring (bicyclic) bond motifs is 5. The number of phenols is 2. The molecule has 0 amide bonds. The second-order valence-electron chi connectivity index (χ2n) is 5.12. The highest BCUT2D eigenvalue weighted by Gasteiger charge is 2.18. The molecule has 2 N–H and O–H groups in total. The van der Waals surface area contributed by atoms with Gasteiger partial charge in [0.15, 0.2) is 17.1 Å². The molecule has 6 heteroatoms. The summed E-state index contributed by atoms with van der Waals surface area (Å²) >= 11 is 0. The van der Waals surface area contributed by atoms with Crippen molar-refractivity contribution in [1.29, 1.82) is 0 Å². The molecule has 0 bridgehead atoms. The van der Waals surface area contributed by atoms with E-state index in [1.165, 1.54) is 12.1 Å². The van der Waals surface area contributed by atoms with Crippen LogP contribution in [0.4, 0.5) is 0 Å². The van der Waals surface area contributed by atoms with Gasteiger partial charge in [-0.3, -0.25) is 0 Å². The molecular formula is C17H12O6. The molecule has 0 unspecified atom stereocenters. The van der Waals surface area contributed by atoms with Crippen LogP contribution in [0.2, 0.25) is 0 Å². The van der Waals surface area contributed by atoms with Crippen molar-refractivity contribution in [3.63, 3.8) is 0 Å². The third kappa shape index (κ3) is 1.92. The van der Waals surface area contributed by atoms with Gasteiger partial charge in [0, 0.05) is 17.5 Å². The van der Waals surface area contributed by atoms with Crippen LogP contribution < -0.4 is 10.4 Å². The van der Waals surface area contributed by atoms with E-state index in [2.05, 4.69) is 0 Å². The van der Waals surface area contributed by atoms with Gasteiger partial charge in [-0.15, -0.1) is 0 Å². The van der Waals surface area contributed by atoms with Gasteiger partial charge in [0.25, 0.3) is 0 Å². The van der Waals surface area contributed by atoms with Crippen LogP contribution in [0.25, 0.3) is 32.9 Å². The molecule has 0 saturated carbocycles. The van der Waals surface area contributed by atoms with E-state index in [9.17, 15) is 15.0 Å². The van der Waals surface area contributed by atoms with Crippen LogP contribution in [0.15, 0.2) is 44.0 Å². The van der Waals surface area contributed by atoms with Gasteiger partial charge in [0.2, 0.25) is 0 Å². The fraction of sp³-hybridized carbons (Fsp3) is 0.118. The molecule has 2 heterocycles. The van der Waals surface area contributed by atoms with Crippen LogP contribution in [0.1, 0.15) is 6.92 Å². The number of phenolic OH excluding ortho intramolecular Hbond substituents is 2. The fourth-order valence-electron chi connectivity index (χ4n) is 2.70. The lowest BCUT2D eigenvalue weighted by Gasteiger charge is -2.03. The van der Waals surface area contributed by atoms with Crippen LogP contribution in [0, 0.1) is 0 Å². The average molecular weight is 312 g/mol. The van der Waals surface area contributed by atoms with Crippen LogP contribution in [-0.4, -0.2) is 16.8 Å². The number of furan rings is 1. The van der Waals surface area contributed by atoms with E-state index in [0.717, 1.165) is 0 Å². The number of ether oxygens (including phenoxy) is 1. The Morgan fingerprint density at radius 3 is 2.52 bits per heavy atom. The van der Waals surface area contributed by atoms with Gasteiger partial charge in [-0.05, 0) is 25.1 Å². The first kappa shape index (κ1) is 13.5. The van der Waals surface area contributed by atoms with E-state index >= 15 is 0 Å². The minimum atomic E-state index is -0.579.